The highest BCUT2D eigenvalue weighted by Crippen LogP contribution is 2.54. The molecule has 0 heterocycles. The normalized spacial score (nSPS) is 35.7. The van der Waals surface area contributed by atoms with Gasteiger partial charge in [0.1, 0.15) is 9.02 Å². The zero-order chi connectivity index (χ0) is 14.3. The first kappa shape index (κ1) is 15.6. The minimum Gasteiger partial charge on any atom is -0.458 e. The summed E-state index contributed by atoms with van der Waals surface area (Å²) in [5.74, 6) is 2.26. The molecule has 0 aromatic carbocycles. The number of rotatable bonds is 5. The second kappa shape index (κ2) is 5.53. The lowest BCUT2D eigenvalue weighted by Gasteiger charge is -2.40. The van der Waals surface area contributed by atoms with Crippen molar-refractivity contribution >= 4 is 28.6 Å². The lowest BCUT2D eigenvalue weighted by molar-refractivity contribution is -0.169. The zero-order valence-electron chi connectivity index (χ0n) is 12.7. The molecular formula is C16H27IO2. The molecule has 2 nitrogen and oxygen atoms in total. The van der Waals surface area contributed by atoms with E-state index in [1.807, 2.05) is 6.92 Å². The number of carbonyl (C=O) groups is 1. The fourth-order valence-electron chi connectivity index (χ4n) is 3.87. The van der Waals surface area contributed by atoms with E-state index in [2.05, 4.69) is 43.4 Å². The Labute approximate surface area is 131 Å². The largest absolute Gasteiger partial charge is 0.458 e. The summed E-state index contributed by atoms with van der Waals surface area (Å²) in [6, 6.07) is 0. The Hall–Kier alpha value is 0.200. The molecule has 2 fully saturated rings. The summed E-state index contributed by atoms with van der Waals surface area (Å²) in [4.78, 5) is 12.4. The van der Waals surface area contributed by atoms with Gasteiger partial charge in [0.15, 0.2) is 0 Å². The molecule has 0 aliphatic heterocycles. The first-order chi connectivity index (χ1) is 8.82. The predicted octanol–water partition coefficient (Wildman–Crippen LogP) is 4.74. The van der Waals surface area contributed by atoms with E-state index in [1.165, 1.54) is 25.7 Å². The number of fused-ring (bicyclic) bond motifs is 2. The van der Waals surface area contributed by atoms with Crippen molar-refractivity contribution in [1.29, 1.82) is 0 Å². The molecule has 2 bridgehead atoms. The summed E-state index contributed by atoms with van der Waals surface area (Å²) >= 11 is 2.23. The van der Waals surface area contributed by atoms with E-state index in [4.69, 9.17) is 4.74 Å². The number of hydrogen-bond acceptors (Lipinski definition) is 2. The average Bonchev–Trinajstić information content (AvgIpc) is 3.00. The maximum Gasteiger partial charge on any atom is 0.322 e. The Morgan fingerprint density at radius 3 is 2.32 bits per heavy atom. The summed E-state index contributed by atoms with van der Waals surface area (Å²) in [5.41, 5.74) is -0.251. The SMILES string of the molecule is CCC(C)(I)C(=O)OC(C)(CC)C1CC2CCC1C2. The van der Waals surface area contributed by atoms with Crippen LogP contribution in [0.15, 0.2) is 0 Å². The predicted molar refractivity (Wildman–Crippen MR) is 86.4 cm³/mol. The zero-order valence-corrected chi connectivity index (χ0v) is 14.8. The summed E-state index contributed by atoms with van der Waals surface area (Å²) in [6.45, 7) is 8.36. The van der Waals surface area contributed by atoms with Gasteiger partial charge in [-0.1, -0.05) is 42.9 Å². The molecule has 0 aromatic heterocycles. The van der Waals surface area contributed by atoms with Gasteiger partial charge in [-0.15, -0.1) is 0 Å². The summed E-state index contributed by atoms with van der Waals surface area (Å²) in [5, 5.41) is 0. The highest BCUT2D eigenvalue weighted by molar-refractivity contribution is 14.1. The number of ether oxygens (including phenoxy) is 1. The van der Waals surface area contributed by atoms with E-state index in [9.17, 15) is 4.79 Å². The van der Waals surface area contributed by atoms with Crippen molar-refractivity contribution in [2.45, 2.75) is 75.2 Å². The van der Waals surface area contributed by atoms with Crippen LogP contribution in [0.5, 0.6) is 0 Å². The molecule has 3 heteroatoms. The van der Waals surface area contributed by atoms with Crippen LogP contribution in [0.2, 0.25) is 0 Å². The van der Waals surface area contributed by atoms with Gasteiger partial charge >= 0.3 is 5.97 Å². The highest BCUT2D eigenvalue weighted by Gasteiger charge is 2.50. The number of hydrogen-bond donors (Lipinski definition) is 0. The van der Waals surface area contributed by atoms with Gasteiger partial charge in [-0.05, 0) is 57.8 Å². The summed E-state index contributed by atoms with van der Waals surface area (Å²) in [7, 11) is 0. The van der Waals surface area contributed by atoms with Crippen molar-refractivity contribution in [3.8, 4) is 0 Å². The number of alkyl halides is 1. The van der Waals surface area contributed by atoms with Gasteiger partial charge in [-0.3, -0.25) is 4.79 Å². The van der Waals surface area contributed by atoms with Gasteiger partial charge < -0.3 is 4.74 Å². The average molecular weight is 378 g/mol. The molecule has 110 valence electrons. The Balaban J connectivity index is 2.08. The number of carbonyl (C=O) groups excluding carboxylic acids is 1. The van der Waals surface area contributed by atoms with Crippen LogP contribution in [0, 0.1) is 17.8 Å². The van der Waals surface area contributed by atoms with Crippen LogP contribution in [-0.4, -0.2) is 15.0 Å². The van der Waals surface area contributed by atoms with Crippen molar-refractivity contribution in [2.75, 3.05) is 0 Å². The van der Waals surface area contributed by atoms with E-state index < -0.39 is 0 Å². The van der Waals surface area contributed by atoms with Crippen LogP contribution in [-0.2, 0) is 9.53 Å². The molecule has 19 heavy (non-hydrogen) atoms. The van der Waals surface area contributed by atoms with Crippen LogP contribution < -0.4 is 0 Å². The monoisotopic (exact) mass is 378 g/mol. The van der Waals surface area contributed by atoms with Crippen molar-refractivity contribution in [3.05, 3.63) is 0 Å². The quantitative estimate of drug-likeness (QED) is 0.393. The Morgan fingerprint density at radius 1 is 1.21 bits per heavy atom. The van der Waals surface area contributed by atoms with Gasteiger partial charge in [0.25, 0.3) is 0 Å². The molecule has 2 aliphatic rings. The maximum atomic E-state index is 12.4. The molecule has 5 atom stereocenters. The van der Waals surface area contributed by atoms with E-state index in [0.717, 1.165) is 24.7 Å². The first-order valence-corrected chi connectivity index (χ1v) is 8.82. The fourth-order valence-corrected chi connectivity index (χ4v) is 3.98. The second-order valence-electron chi connectivity index (χ2n) is 6.89. The Morgan fingerprint density at radius 2 is 1.89 bits per heavy atom. The standard InChI is InChI=1S/C16H27IO2/c1-5-15(3,17)14(18)19-16(4,6-2)13-10-11-7-8-12(13)9-11/h11-13H,5-10H2,1-4H3. The summed E-state index contributed by atoms with van der Waals surface area (Å²) in [6.07, 6.45) is 7.14. The van der Waals surface area contributed by atoms with Crippen molar-refractivity contribution in [3.63, 3.8) is 0 Å². The lowest BCUT2D eigenvalue weighted by Crippen LogP contribution is -2.45. The smallest absolute Gasteiger partial charge is 0.322 e. The Bertz CT molecular complexity index is 353. The molecule has 0 saturated heterocycles. The molecule has 2 aliphatic carbocycles. The first-order valence-electron chi connectivity index (χ1n) is 7.74. The number of esters is 1. The van der Waals surface area contributed by atoms with Gasteiger partial charge in [0.2, 0.25) is 0 Å². The molecule has 0 aromatic rings. The van der Waals surface area contributed by atoms with Crippen molar-refractivity contribution in [1.82, 2.24) is 0 Å². The van der Waals surface area contributed by atoms with Crippen LogP contribution in [0.4, 0.5) is 0 Å². The van der Waals surface area contributed by atoms with Gasteiger partial charge in [-0.2, -0.15) is 0 Å². The molecule has 0 spiro atoms. The second-order valence-corrected chi connectivity index (χ2v) is 9.27. The molecule has 5 unspecified atom stereocenters. The minimum absolute atomic E-state index is 0.0253. The minimum atomic E-state index is -0.383. The van der Waals surface area contributed by atoms with E-state index in [0.29, 0.717) is 5.92 Å². The third kappa shape index (κ3) is 2.96. The molecule has 0 amide bonds. The molecule has 0 radical (unpaired) electrons. The highest BCUT2D eigenvalue weighted by atomic mass is 127. The summed E-state index contributed by atoms with van der Waals surface area (Å²) < 4.78 is 5.65. The van der Waals surface area contributed by atoms with Gasteiger partial charge in [0.05, 0.1) is 0 Å². The molecule has 2 rings (SSSR count). The number of halogens is 1. The lowest BCUT2D eigenvalue weighted by atomic mass is 9.75. The van der Waals surface area contributed by atoms with E-state index in [-0.39, 0.29) is 15.0 Å². The van der Waals surface area contributed by atoms with Crippen LogP contribution in [0.25, 0.3) is 0 Å². The topological polar surface area (TPSA) is 26.3 Å². The third-order valence-electron chi connectivity index (χ3n) is 5.64. The Kier molecular flexibility index (Phi) is 4.54. The van der Waals surface area contributed by atoms with Crippen molar-refractivity contribution in [2.24, 2.45) is 17.8 Å². The molecule has 2 saturated carbocycles. The van der Waals surface area contributed by atoms with Gasteiger partial charge in [-0.25, -0.2) is 0 Å². The van der Waals surface area contributed by atoms with Gasteiger partial charge in [0, 0.05) is 5.92 Å². The van der Waals surface area contributed by atoms with Crippen LogP contribution >= 0.6 is 22.6 Å². The molecule has 0 N–H and O–H groups in total. The van der Waals surface area contributed by atoms with Crippen LogP contribution in [0.1, 0.15) is 66.2 Å². The third-order valence-corrected chi connectivity index (χ3v) is 6.84. The van der Waals surface area contributed by atoms with Crippen LogP contribution in [0.3, 0.4) is 0 Å². The maximum absolute atomic E-state index is 12.4. The van der Waals surface area contributed by atoms with E-state index >= 15 is 0 Å². The van der Waals surface area contributed by atoms with Crippen molar-refractivity contribution < 1.29 is 9.53 Å². The van der Waals surface area contributed by atoms with E-state index in [1.54, 1.807) is 0 Å². The molecular weight excluding hydrogens is 351 g/mol. The fraction of sp³-hybridized carbons (Fsp3) is 0.938.